The van der Waals surface area contributed by atoms with E-state index in [4.69, 9.17) is 4.74 Å². The fourth-order valence-electron chi connectivity index (χ4n) is 3.21. The van der Waals surface area contributed by atoms with Crippen molar-refractivity contribution in [2.45, 2.75) is 53.8 Å². The van der Waals surface area contributed by atoms with E-state index in [2.05, 4.69) is 30.3 Å². The van der Waals surface area contributed by atoms with Gasteiger partial charge in [0.15, 0.2) is 0 Å². The van der Waals surface area contributed by atoms with Gasteiger partial charge in [0.25, 0.3) is 5.91 Å². The second kappa shape index (κ2) is 8.61. The van der Waals surface area contributed by atoms with E-state index in [-0.39, 0.29) is 11.9 Å². The minimum atomic E-state index is -0.0586. The van der Waals surface area contributed by atoms with E-state index in [0.29, 0.717) is 18.0 Å². The Morgan fingerprint density at radius 3 is 2.50 bits per heavy atom. The Morgan fingerprint density at radius 2 is 1.86 bits per heavy atom. The topological polar surface area (TPSA) is 56.1 Å². The highest BCUT2D eigenvalue weighted by Gasteiger charge is 2.14. The van der Waals surface area contributed by atoms with Gasteiger partial charge in [-0.15, -0.1) is 11.3 Å². The number of benzene rings is 1. The molecule has 1 atom stereocenters. The average Bonchev–Trinajstić information content (AvgIpc) is 3.19. The molecule has 6 heteroatoms. The van der Waals surface area contributed by atoms with Crippen LogP contribution in [0.15, 0.2) is 35.7 Å². The van der Waals surface area contributed by atoms with E-state index in [9.17, 15) is 4.79 Å². The molecule has 0 spiro atoms. The van der Waals surface area contributed by atoms with Crippen molar-refractivity contribution in [3.63, 3.8) is 0 Å². The Hall–Kier alpha value is -2.60. The van der Waals surface area contributed by atoms with Gasteiger partial charge in [-0.1, -0.05) is 6.07 Å². The quantitative estimate of drug-likeness (QED) is 0.635. The zero-order valence-corrected chi connectivity index (χ0v) is 17.9. The molecule has 0 aliphatic rings. The Labute approximate surface area is 170 Å². The summed E-state index contributed by atoms with van der Waals surface area (Å²) in [6.45, 7) is 11.2. The van der Waals surface area contributed by atoms with E-state index in [1.54, 1.807) is 0 Å². The smallest absolute Gasteiger partial charge is 0.261 e. The molecule has 3 rings (SSSR count). The van der Waals surface area contributed by atoms with Crippen molar-refractivity contribution >= 4 is 17.2 Å². The number of aromatic nitrogens is 2. The fraction of sp³-hybridized carbons (Fsp3) is 0.364. The van der Waals surface area contributed by atoms with E-state index in [0.717, 1.165) is 22.7 Å². The Bertz CT molecular complexity index is 954. The molecule has 0 saturated carbocycles. The standard InChI is InChI=1S/C22H27N3O2S/c1-14-6-15(2)8-20(7-14)27-12-19-10-21(28-13-19)22(26)23-17(4)11-25-18(5)9-16(3)24-25/h6-10,13,17H,11-12H2,1-5H3,(H,23,26). The molecule has 28 heavy (non-hydrogen) atoms. The van der Waals surface area contributed by atoms with Gasteiger partial charge in [0.2, 0.25) is 0 Å². The number of hydrogen-bond donors (Lipinski definition) is 1. The molecule has 1 unspecified atom stereocenters. The van der Waals surface area contributed by atoms with Crippen LogP contribution in [0.5, 0.6) is 5.75 Å². The van der Waals surface area contributed by atoms with Gasteiger partial charge < -0.3 is 10.1 Å². The molecule has 1 N–H and O–H groups in total. The van der Waals surface area contributed by atoms with E-state index in [1.165, 1.54) is 22.5 Å². The first-order valence-corrected chi connectivity index (χ1v) is 10.3. The van der Waals surface area contributed by atoms with Crippen LogP contribution in [0, 0.1) is 27.7 Å². The summed E-state index contributed by atoms with van der Waals surface area (Å²) in [6.07, 6.45) is 0. The van der Waals surface area contributed by atoms with Gasteiger partial charge >= 0.3 is 0 Å². The number of aryl methyl sites for hydroxylation is 4. The first kappa shape index (κ1) is 20.1. The number of nitrogens with one attached hydrogen (secondary N) is 1. The molecule has 2 aromatic heterocycles. The molecule has 0 bridgehead atoms. The predicted octanol–water partition coefficient (Wildman–Crippen LogP) is 4.58. The lowest BCUT2D eigenvalue weighted by Crippen LogP contribution is -2.35. The van der Waals surface area contributed by atoms with Gasteiger partial charge in [0, 0.05) is 17.3 Å². The minimum Gasteiger partial charge on any atom is -0.489 e. The summed E-state index contributed by atoms with van der Waals surface area (Å²) in [5.41, 5.74) is 5.44. The highest BCUT2D eigenvalue weighted by Crippen LogP contribution is 2.20. The molecular weight excluding hydrogens is 370 g/mol. The molecule has 1 amide bonds. The number of hydrogen-bond acceptors (Lipinski definition) is 4. The van der Waals surface area contributed by atoms with Crippen LogP contribution in [0.25, 0.3) is 0 Å². The number of thiophene rings is 1. The lowest BCUT2D eigenvalue weighted by atomic mass is 10.1. The zero-order chi connectivity index (χ0) is 20.3. The normalized spacial score (nSPS) is 12.0. The summed E-state index contributed by atoms with van der Waals surface area (Å²) >= 11 is 1.44. The maximum absolute atomic E-state index is 12.5. The Kier molecular flexibility index (Phi) is 6.19. The van der Waals surface area contributed by atoms with Crippen molar-refractivity contribution in [3.05, 3.63) is 68.7 Å². The van der Waals surface area contributed by atoms with Crippen LogP contribution in [-0.2, 0) is 13.2 Å². The summed E-state index contributed by atoms with van der Waals surface area (Å²) in [5, 5.41) is 9.48. The van der Waals surface area contributed by atoms with Crippen molar-refractivity contribution in [3.8, 4) is 5.75 Å². The number of rotatable bonds is 7. The molecule has 148 valence electrons. The summed E-state index contributed by atoms with van der Waals surface area (Å²) < 4.78 is 7.81. The molecule has 0 saturated heterocycles. The lowest BCUT2D eigenvalue weighted by molar-refractivity contribution is 0.0940. The van der Waals surface area contributed by atoms with Gasteiger partial charge in [0.1, 0.15) is 12.4 Å². The zero-order valence-electron chi connectivity index (χ0n) is 17.1. The van der Waals surface area contributed by atoms with Gasteiger partial charge in [-0.2, -0.15) is 5.10 Å². The van der Waals surface area contributed by atoms with Crippen LogP contribution in [0.4, 0.5) is 0 Å². The van der Waals surface area contributed by atoms with Crippen molar-refractivity contribution in [2.24, 2.45) is 0 Å². The van der Waals surface area contributed by atoms with Crippen LogP contribution < -0.4 is 10.1 Å². The molecule has 3 aromatic rings. The maximum Gasteiger partial charge on any atom is 0.261 e. The molecule has 2 heterocycles. The van der Waals surface area contributed by atoms with Crippen molar-refractivity contribution in [2.75, 3.05) is 0 Å². The largest absolute Gasteiger partial charge is 0.489 e. The van der Waals surface area contributed by atoms with Gasteiger partial charge in [-0.25, -0.2) is 0 Å². The summed E-state index contributed by atoms with van der Waals surface area (Å²) in [5.74, 6) is 0.796. The van der Waals surface area contributed by atoms with Gasteiger partial charge in [-0.05, 0) is 75.4 Å². The predicted molar refractivity (Wildman–Crippen MR) is 113 cm³/mol. The third-order valence-corrected chi connectivity index (χ3v) is 5.38. The maximum atomic E-state index is 12.5. The Balaban J connectivity index is 1.55. The third kappa shape index (κ3) is 5.23. The lowest BCUT2D eigenvalue weighted by Gasteiger charge is -2.14. The molecule has 0 aliphatic heterocycles. The first-order valence-electron chi connectivity index (χ1n) is 9.40. The van der Waals surface area contributed by atoms with Gasteiger partial charge in [-0.3, -0.25) is 9.48 Å². The van der Waals surface area contributed by atoms with Crippen LogP contribution in [0.3, 0.4) is 0 Å². The van der Waals surface area contributed by atoms with Crippen LogP contribution in [0.1, 0.15) is 44.7 Å². The molecule has 0 aliphatic carbocycles. The van der Waals surface area contributed by atoms with Gasteiger partial charge in [0.05, 0.1) is 17.1 Å². The van der Waals surface area contributed by atoms with E-state index in [1.807, 2.05) is 55.1 Å². The summed E-state index contributed by atoms with van der Waals surface area (Å²) in [6, 6.07) is 10.1. The van der Waals surface area contributed by atoms with Crippen molar-refractivity contribution < 1.29 is 9.53 Å². The highest BCUT2D eigenvalue weighted by atomic mass is 32.1. The Morgan fingerprint density at radius 1 is 1.14 bits per heavy atom. The average molecular weight is 398 g/mol. The third-order valence-electron chi connectivity index (χ3n) is 4.41. The van der Waals surface area contributed by atoms with Crippen molar-refractivity contribution in [1.82, 2.24) is 15.1 Å². The minimum absolute atomic E-state index is 0.0115. The number of carbonyl (C=O) groups is 1. The highest BCUT2D eigenvalue weighted by molar-refractivity contribution is 7.12. The van der Waals surface area contributed by atoms with E-state index >= 15 is 0 Å². The molecule has 5 nitrogen and oxygen atoms in total. The molecular formula is C22H27N3O2S. The fourth-order valence-corrected chi connectivity index (χ4v) is 4.01. The van der Waals surface area contributed by atoms with E-state index < -0.39 is 0 Å². The second-order valence-electron chi connectivity index (χ2n) is 7.42. The van der Waals surface area contributed by atoms with Crippen LogP contribution >= 0.6 is 11.3 Å². The number of carbonyl (C=O) groups excluding carboxylic acids is 1. The van der Waals surface area contributed by atoms with Crippen LogP contribution in [-0.4, -0.2) is 21.7 Å². The molecule has 0 radical (unpaired) electrons. The number of amides is 1. The number of nitrogens with zero attached hydrogens (tertiary/aromatic N) is 2. The van der Waals surface area contributed by atoms with Crippen LogP contribution in [0.2, 0.25) is 0 Å². The number of ether oxygens (including phenoxy) is 1. The molecule has 0 fully saturated rings. The second-order valence-corrected chi connectivity index (χ2v) is 8.33. The first-order chi connectivity index (χ1) is 13.3. The molecule has 1 aromatic carbocycles. The summed E-state index contributed by atoms with van der Waals surface area (Å²) in [4.78, 5) is 13.2. The van der Waals surface area contributed by atoms with Crippen molar-refractivity contribution in [1.29, 1.82) is 0 Å². The summed E-state index contributed by atoms with van der Waals surface area (Å²) in [7, 11) is 0. The monoisotopic (exact) mass is 397 g/mol. The SMILES string of the molecule is Cc1cc(C)cc(OCc2csc(C(=O)NC(C)Cn3nc(C)cc3C)c2)c1.